The van der Waals surface area contributed by atoms with Crippen LogP contribution in [0.2, 0.25) is 0 Å². The summed E-state index contributed by atoms with van der Waals surface area (Å²) in [5.41, 5.74) is 0.842. The van der Waals surface area contributed by atoms with E-state index in [4.69, 9.17) is 14.2 Å². The zero-order chi connectivity index (χ0) is 19.4. The molecule has 9 heteroatoms. The molecule has 0 atom stereocenters. The number of benzene rings is 2. The predicted octanol–water partition coefficient (Wildman–Crippen LogP) is 2.47. The number of hydrogen-bond acceptors (Lipinski definition) is 7. The van der Waals surface area contributed by atoms with Crippen molar-refractivity contribution in [2.45, 2.75) is 6.92 Å². The van der Waals surface area contributed by atoms with Crippen molar-refractivity contribution in [3.8, 4) is 11.5 Å². The van der Waals surface area contributed by atoms with E-state index in [-0.39, 0.29) is 11.3 Å². The Morgan fingerprint density at radius 1 is 1.15 bits per heavy atom. The van der Waals surface area contributed by atoms with Crippen molar-refractivity contribution in [1.29, 1.82) is 0 Å². The highest BCUT2D eigenvalue weighted by Gasteiger charge is 2.16. The minimum Gasteiger partial charge on any atom is -0.486 e. The standard InChI is InChI=1S/C18H16N2O7/c1-11-8-12(2-4-14(11)20(23)24)18(22)27-10-17(21)19-13-3-5-15-16(9-13)26-7-6-25-15/h2-5,8-9H,6-7,10H2,1H3,(H,19,21). The normalized spacial score (nSPS) is 12.2. The molecule has 0 spiro atoms. The molecule has 0 bridgehead atoms. The maximum Gasteiger partial charge on any atom is 0.338 e. The number of rotatable bonds is 5. The van der Waals surface area contributed by atoms with Crippen LogP contribution in [0.3, 0.4) is 0 Å². The van der Waals surface area contributed by atoms with Crippen molar-refractivity contribution in [3.63, 3.8) is 0 Å². The maximum absolute atomic E-state index is 12.0. The summed E-state index contributed by atoms with van der Waals surface area (Å²) in [5.74, 6) is -0.152. The monoisotopic (exact) mass is 372 g/mol. The number of hydrogen-bond donors (Lipinski definition) is 1. The second kappa shape index (κ2) is 7.73. The molecule has 0 aromatic heterocycles. The van der Waals surface area contributed by atoms with Gasteiger partial charge in [-0.3, -0.25) is 14.9 Å². The fraction of sp³-hybridized carbons (Fsp3) is 0.222. The third kappa shape index (κ3) is 4.32. The van der Waals surface area contributed by atoms with Crippen LogP contribution in [0, 0.1) is 17.0 Å². The molecule has 0 aliphatic carbocycles. The number of anilines is 1. The van der Waals surface area contributed by atoms with Crippen LogP contribution in [0.5, 0.6) is 11.5 Å². The van der Waals surface area contributed by atoms with Gasteiger partial charge in [-0.2, -0.15) is 0 Å². The number of ether oxygens (including phenoxy) is 3. The first-order valence-electron chi connectivity index (χ1n) is 8.06. The van der Waals surface area contributed by atoms with E-state index in [0.717, 1.165) is 0 Å². The zero-order valence-corrected chi connectivity index (χ0v) is 14.4. The molecule has 0 saturated carbocycles. The number of carbonyl (C=O) groups is 2. The Hall–Kier alpha value is -3.62. The lowest BCUT2D eigenvalue weighted by Gasteiger charge is -2.19. The molecular weight excluding hydrogens is 356 g/mol. The molecule has 9 nitrogen and oxygen atoms in total. The first kappa shape index (κ1) is 18.2. The van der Waals surface area contributed by atoms with E-state index in [0.29, 0.717) is 36.0 Å². The number of amides is 1. The van der Waals surface area contributed by atoms with E-state index >= 15 is 0 Å². The van der Waals surface area contributed by atoms with Crippen LogP contribution in [0.1, 0.15) is 15.9 Å². The summed E-state index contributed by atoms with van der Waals surface area (Å²) in [6.07, 6.45) is 0. The molecule has 1 aliphatic heterocycles. The van der Waals surface area contributed by atoms with E-state index < -0.39 is 23.4 Å². The van der Waals surface area contributed by atoms with Gasteiger partial charge in [-0.15, -0.1) is 0 Å². The van der Waals surface area contributed by atoms with Gasteiger partial charge in [0.2, 0.25) is 0 Å². The topological polar surface area (TPSA) is 117 Å². The van der Waals surface area contributed by atoms with Gasteiger partial charge in [-0.25, -0.2) is 4.79 Å². The molecule has 0 saturated heterocycles. The second-order valence-corrected chi connectivity index (χ2v) is 5.74. The summed E-state index contributed by atoms with van der Waals surface area (Å²) in [5, 5.41) is 13.4. The first-order valence-corrected chi connectivity index (χ1v) is 8.06. The highest BCUT2D eigenvalue weighted by Crippen LogP contribution is 2.32. The summed E-state index contributed by atoms with van der Waals surface area (Å²) in [7, 11) is 0. The van der Waals surface area contributed by atoms with Gasteiger partial charge in [-0.05, 0) is 31.2 Å². The Kier molecular flexibility index (Phi) is 5.20. The molecule has 0 fully saturated rings. The quantitative estimate of drug-likeness (QED) is 0.487. The second-order valence-electron chi connectivity index (χ2n) is 5.74. The summed E-state index contributed by atoms with van der Waals surface area (Å²) >= 11 is 0. The third-order valence-electron chi connectivity index (χ3n) is 3.79. The number of nitrogens with one attached hydrogen (secondary N) is 1. The molecule has 140 valence electrons. The van der Waals surface area contributed by atoms with Gasteiger partial charge in [0, 0.05) is 23.4 Å². The highest BCUT2D eigenvalue weighted by atomic mass is 16.6. The van der Waals surface area contributed by atoms with Crippen LogP contribution >= 0.6 is 0 Å². The van der Waals surface area contributed by atoms with E-state index in [1.54, 1.807) is 18.2 Å². The van der Waals surface area contributed by atoms with Crippen LogP contribution in [-0.2, 0) is 9.53 Å². The summed E-state index contributed by atoms with van der Waals surface area (Å²) in [4.78, 5) is 34.3. The minimum atomic E-state index is -0.745. The average Bonchev–Trinajstić information content (AvgIpc) is 2.65. The SMILES string of the molecule is Cc1cc(C(=O)OCC(=O)Nc2ccc3c(c2)OCCO3)ccc1[N+](=O)[O-]. The lowest BCUT2D eigenvalue weighted by Crippen LogP contribution is -2.21. The van der Waals surface area contributed by atoms with E-state index in [2.05, 4.69) is 5.32 Å². The molecule has 2 aromatic carbocycles. The van der Waals surface area contributed by atoms with E-state index in [1.165, 1.54) is 25.1 Å². The van der Waals surface area contributed by atoms with Crippen molar-refractivity contribution in [3.05, 3.63) is 57.6 Å². The van der Waals surface area contributed by atoms with Crippen molar-refractivity contribution in [2.75, 3.05) is 25.1 Å². The van der Waals surface area contributed by atoms with Crippen LogP contribution in [0.4, 0.5) is 11.4 Å². The van der Waals surface area contributed by atoms with Gasteiger partial charge in [0.25, 0.3) is 11.6 Å². The van der Waals surface area contributed by atoms with Gasteiger partial charge < -0.3 is 19.5 Å². The smallest absolute Gasteiger partial charge is 0.338 e. The van der Waals surface area contributed by atoms with Crippen LogP contribution < -0.4 is 14.8 Å². The Morgan fingerprint density at radius 2 is 1.89 bits per heavy atom. The van der Waals surface area contributed by atoms with Crippen molar-refractivity contribution < 1.29 is 28.7 Å². The predicted molar refractivity (Wildman–Crippen MR) is 94.2 cm³/mol. The van der Waals surface area contributed by atoms with Gasteiger partial charge in [0.05, 0.1) is 10.5 Å². The van der Waals surface area contributed by atoms with Crippen molar-refractivity contribution in [2.24, 2.45) is 0 Å². The lowest BCUT2D eigenvalue weighted by molar-refractivity contribution is -0.385. The molecule has 1 N–H and O–H groups in total. The maximum atomic E-state index is 12.0. The number of fused-ring (bicyclic) bond motifs is 1. The number of nitro groups is 1. The number of aryl methyl sites for hydroxylation is 1. The number of nitrogens with zero attached hydrogens (tertiary/aromatic N) is 1. The van der Waals surface area contributed by atoms with Crippen LogP contribution in [0.25, 0.3) is 0 Å². The largest absolute Gasteiger partial charge is 0.486 e. The lowest BCUT2D eigenvalue weighted by atomic mass is 10.1. The van der Waals surface area contributed by atoms with Gasteiger partial charge >= 0.3 is 5.97 Å². The van der Waals surface area contributed by atoms with Gasteiger partial charge in [0.1, 0.15) is 13.2 Å². The Bertz CT molecular complexity index is 911. The number of esters is 1. The zero-order valence-electron chi connectivity index (χ0n) is 14.4. The summed E-state index contributed by atoms with van der Waals surface area (Å²) in [6, 6.07) is 8.79. The molecule has 0 radical (unpaired) electrons. The van der Waals surface area contributed by atoms with Gasteiger partial charge in [0.15, 0.2) is 18.1 Å². The number of nitro benzene ring substituents is 1. The molecule has 27 heavy (non-hydrogen) atoms. The molecule has 3 rings (SSSR count). The summed E-state index contributed by atoms with van der Waals surface area (Å²) < 4.78 is 15.8. The first-order chi connectivity index (χ1) is 12.9. The number of carbonyl (C=O) groups excluding carboxylic acids is 2. The molecule has 1 heterocycles. The Balaban J connectivity index is 1.56. The van der Waals surface area contributed by atoms with Crippen LogP contribution in [-0.4, -0.2) is 36.6 Å². The Morgan fingerprint density at radius 3 is 2.59 bits per heavy atom. The van der Waals surface area contributed by atoms with Gasteiger partial charge in [-0.1, -0.05) is 0 Å². The Labute approximate surface area is 154 Å². The van der Waals surface area contributed by atoms with E-state index in [9.17, 15) is 19.7 Å². The van der Waals surface area contributed by atoms with E-state index in [1.807, 2.05) is 0 Å². The fourth-order valence-corrected chi connectivity index (χ4v) is 2.52. The molecule has 1 amide bonds. The third-order valence-corrected chi connectivity index (χ3v) is 3.79. The molecule has 1 aliphatic rings. The molecular formula is C18H16N2O7. The summed E-state index contributed by atoms with van der Waals surface area (Å²) in [6.45, 7) is 1.92. The van der Waals surface area contributed by atoms with Crippen molar-refractivity contribution >= 4 is 23.3 Å². The molecule has 2 aromatic rings. The van der Waals surface area contributed by atoms with Crippen molar-refractivity contribution in [1.82, 2.24) is 0 Å². The highest BCUT2D eigenvalue weighted by molar-refractivity contribution is 5.95. The minimum absolute atomic E-state index is 0.0945. The average molecular weight is 372 g/mol. The fourth-order valence-electron chi connectivity index (χ4n) is 2.52. The van der Waals surface area contributed by atoms with Crippen LogP contribution in [0.15, 0.2) is 36.4 Å². The molecule has 0 unspecified atom stereocenters.